The fraction of sp³-hybridized carbons (Fsp3) is 0.250. The average molecular weight is 301 g/mol. The van der Waals surface area contributed by atoms with Gasteiger partial charge in [0.2, 0.25) is 5.16 Å². The van der Waals surface area contributed by atoms with Crippen molar-refractivity contribution in [2.75, 3.05) is 5.84 Å². The van der Waals surface area contributed by atoms with E-state index < -0.39 is 0 Å². The third kappa shape index (κ3) is 2.33. The Labute approximate surface area is 105 Å². The molecule has 0 saturated carbocycles. The van der Waals surface area contributed by atoms with Crippen LogP contribution in [0.2, 0.25) is 0 Å². The lowest BCUT2D eigenvalue weighted by Crippen LogP contribution is -2.13. The van der Waals surface area contributed by atoms with E-state index in [1.165, 1.54) is 16.4 Å². The molecule has 0 aliphatic heterocycles. The molecule has 8 heteroatoms. The number of aryl methyl sites for hydroxylation is 1. The van der Waals surface area contributed by atoms with Gasteiger partial charge in [0, 0.05) is 18.8 Å². The minimum atomic E-state index is 0.583. The molecular weight excluding hydrogens is 292 g/mol. The van der Waals surface area contributed by atoms with E-state index >= 15 is 0 Å². The largest absolute Gasteiger partial charge is 0.336 e. The van der Waals surface area contributed by atoms with Crippen LogP contribution in [0.5, 0.6) is 0 Å². The van der Waals surface area contributed by atoms with Crippen LogP contribution in [-0.2, 0) is 6.42 Å². The summed E-state index contributed by atoms with van der Waals surface area (Å²) in [6, 6.07) is 0. The van der Waals surface area contributed by atoms with Crippen LogP contribution in [-0.4, -0.2) is 24.8 Å². The molecular formula is C8H9BrN6S. The summed E-state index contributed by atoms with van der Waals surface area (Å²) < 4.78 is 2.29. The fourth-order valence-corrected chi connectivity index (χ4v) is 1.92. The molecule has 0 saturated heterocycles. The number of nitrogen functional groups attached to an aromatic ring is 1. The van der Waals surface area contributed by atoms with Crippen LogP contribution >= 0.6 is 27.7 Å². The van der Waals surface area contributed by atoms with Gasteiger partial charge in [0.25, 0.3) is 0 Å². The van der Waals surface area contributed by atoms with Gasteiger partial charge in [-0.05, 0) is 27.7 Å². The summed E-state index contributed by atoms with van der Waals surface area (Å²) in [6.07, 6.45) is 4.09. The lowest BCUT2D eigenvalue weighted by atomic mass is 10.5. The number of nitrogens with two attached hydrogens (primary N) is 1. The Kier molecular flexibility index (Phi) is 3.39. The summed E-state index contributed by atoms with van der Waals surface area (Å²) in [6.45, 7) is 1.97. The molecule has 2 rings (SSSR count). The van der Waals surface area contributed by atoms with Crippen molar-refractivity contribution in [2.45, 2.75) is 23.7 Å². The first-order valence-electron chi connectivity index (χ1n) is 4.55. The van der Waals surface area contributed by atoms with Gasteiger partial charge in [-0.1, -0.05) is 6.92 Å². The molecule has 0 aromatic carbocycles. The van der Waals surface area contributed by atoms with Crippen LogP contribution in [0.4, 0.5) is 0 Å². The highest BCUT2D eigenvalue weighted by atomic mass is 79.9. The minimum Gasteiger partial charge on any atom is -0.336 e. The van der Waals surface area contributed by atoms with Crippen LogP contribution in [0.15, 0.2) is 27.2 Å². The van der Waals surface area contributed by atoms with Crippen LogP contribution in [0.3, 0.4) is 0 Å². The van der Waals surface area contributed by atoms with Crippen LogP contribution < -0.4 is 5.84 Å². The highest BCUT2D eigenvalue weighted by molar-refractivity contribution is 9.10. The highest BCUT2D eigenvalue weighted by Gasteiger charge is 2.10. The number of nitrogens with zero attached hydrogens (tertiary/aromatic N) is 5. The zero-order valence-electron chi connectivity index (χ0n) is 8.46. The lowest BCUT2D eigenvalue weighted by Gasteiger charge is -2.00. The standard InChI is InChI=1S/C8H9BrN6S/c1-2-6-13-14-8(15(6)10)16-7-11-3-5(9)4-12-7/h3-4H,2,10H2,1H3. The summed E-state index contributed by atoms with van der Waals surface area (Å²) in [5.74, 6) is 6.53. The normalized spacial score (nSPS) is 10.6. The number of halogens is 1. The van der Waals surface area contributed by atoms with Crippen molar-refractivity contribution in [3.8, 4) is 0 Å². The molecule has 0 spiro atoms. The van der Waals surface area contributed by atoms with E-state index in [1.807, 2.05) is 6.92 Å². The topological polar surface area (TPSA) is 82.5 Å². The van der Waals surface area contributed by atoms with E-state index in [2.05, 4.69) is 36.1 Å². The van der Waals surface area contributed by atoms with Gasteiger partial charge in [0.1, 0.15) is 0 Å². The molecule has 0 aliphatic carbocycles. The molecule has 0 atom stereocenters. The molecule has 6 nitrogen and oxygen atoms in total. The predicted molar refractivity (Wildman–Crippen MR) is 63.4 cm³/mol. The summed E-state index contributed by atoms with van der Waals surface area (Å²) >= 11 is 4.55. The third-order valence-electron chi connectivity index (χ3n) is 1.83. The van der Waals surface area contributed by atoms with Gasteiger partial charge in [0.05, 0.1) is 4.47 Å². The van der Waals surface area contributed by atoms with E-state index in [4.69, 9.17) is 5.84 Å². The van der Waals surface area contributed by atoms with Gasteiger partial charge in [-0.3, -0.25) is 0 Å². The third-order valence-corrected chi connectivity index (χ3v) is 3.09. The smallest absolute Gasteiger partial charge is 0.217 e. The first kappa shape index (κ1) is 11.3. The first-order chi connectivity index (χ1) is 7.70. The Bertz CT molecular complexity index is 482. The zero-order chi connectivity index (χ0) is 11.5. The van der Waals surface area contributed by atoms with E-state index in [-0.39, 0.29) is 0 Å². The summed E-state index contributed by atoms with van der Waals surface area (Å²) in [4.78, 5) is 8.24. The summed E-state index contributed by atoms with van der Waals surface area (Å²) in [5.41, 5.74) is 0. The molecule has 0 amide bonds. The summed E-state index contributed by atoms with van der Waals surface area (Å²) in [5, 5.41) is 9.08. The highest BCUT2D eigenvalue weighted by Crippen LogP contribution is 2.22. The lowest BCUT2D eigenvalue weighted by molar-refractivity contribution is 0.792. The second kappa shape index (κ2) is 4.79. The minimum absolute atomic E-state index is 0.583. The monoisotopic (exact) mass is 300 g/mol. The van der Waals surface area contributed by atoms with Crippen LogP contribution in [0, 0.1) is 0 Å². The van der Waals surface area contributed by atoms with Crippen molar-refractivity contribution in [2.24, 2.45) is 0 Å². The Morgan fingerprint density at radius 3 is 2.62 bits per heavy atom. The molecule has 0 aliphatic rings. The molecule has 2 N–H and O–H groups in total. The Morgan fingerprint density at radius 1 is 1.38 bits per heavy atom. The first-order valence-corrected chi connectivity index (χ1v) is 6.16. The quantitative estimate of drug-likeness (QED) is 0.679. The van der Waals surface area contributed by atoms with Crippen molar-refractivity contribution in [3.63, 3.8) is 0 Å². The SMILES string of the molecule is CCc1nnc(Sc2ncc(Br)cn2)n1N. The number of hydrogen-bond donors (Lipinski definition) is 1. The van der Waals surface area contributed by atoms with Gasteiger partial charge in [-0.25, -0.2) is 14.6 Å². The van der Waals surface area contributed by atoms with Gasteiger partial charge < -0.3 is 5.84 Å². The van der Waals surface area contributed by atoms with Crippen LogP contribution in [0.1, 0.15) is 12.7 Å². The molecule has 0 fully saturated rings. The van der Waals surface area contributed by atoms with Gasteiger partial charge in [-0.15, -0.1) is 10.2 Å². The predicted octanol–water partition coefficient (Wildman–Crippen LogP) is 1.26. The zero-order valence-corrected chi connectivity index (χ0v) is 10.9. The maximum Gasteiger partial charge on any atom is 0.217 e. The van der Waals surface area contributed by atoms with Crippen LogP contribution in [0.25, 0.3) is 0 Å². The van der Waals surface area contributed by atoms with Crippen molar-refractivity contribution >= 4 is 27.7 Å². The molecule has 2 aromatic rings. The van der Waals surface area contributed by atoms with Crippen molar-refractivity contribution in [1.82, 2.24) is 24.8 Å². The molecule has 16 heavy (non-hydrogen) atoms. The Balaban J connectivity index is 2.20. The number of rotatable bonds is 3. The second-order valence-electron chi connectivity index (χ2n) is 2.91. The van der Waals surface area contributed by atoms with Gasteiger partial charge in [0.15, 0.2) is 11.0 Å². The maximum absolute atomic E-state index is 5.80. The van der Waals surface area contributed by atoms with Gasteiger partial charge in [-0.2, -0.15) is 0 Å². The molecule has 84 valence electrons. The molecule has 0 bridgehead atoms. The van der Waals surface area contributed by atoms with E-state index in [9.17, 15) is 0 Å². The molecule has 2 heterocycles. The second-order valence-corrected chi connectivity index (χ2v) is 4.76. The van der Waals surface area contributed by atoms with E-state index in [0.717, 1.165) is 16.7 Å². The fourth-order valence-electron chi connectivity index (χ4n) is 1.05. The Hall–Kier alpha value is -1.15. The number of aromatic nitrogens is 5. The van der Waals surface area contributed by atoms with Gasteiger partial charge >= 0.3 is 0 Å². The average Bonchev–Trinajstić information content (AvgIpc) is 2.63. The molecule has 0 unspecified atom stereocenters. The Morgan fingerprint density at radius 2 is 2.06 bits per heavy atom. The maximum atomic E-state index is 5.80. The van der Waals surface area contributed by atoms with Crippen molar-refractivity contribution in [1.29, 1.82) is 0 Å². The molecule has 0 radical (unpaired) electrons. The number of hydrogen-bond acceptors (Lipinski definition) is 6. The summed E-state index contributed by atoms with van der Waals surface area (Å²) in [7, 11) is 0. The van der Waals surface area contributed by atoms with Crippen molar-refractivity contribution in [3.05, 3.63) is 22.7 Å². The van der Waals surface area contributed by atoms with Crippen molar-refractivity contribution < 1.29 is 0 Å². The van der Waals surface area contributed by atoms with E-state index in [1.54, 1.807) is 12.4 Å². The van der Waals surface area contributed by atoms with E-state index in [0.29, 0.717) is 10.3 Å². The molecule has 2 aromatic heterocycles.